The van der Waals surface area contributed by atoms with Crippen LogP contribution in [0.4, 0.5) is 0 Å². The summed E-state index contributed by atoms with van der Waals surface area (Å²) < 4.78 is 11.1. The fourth-order valence-corrected chi connectivity index (χ4v) is 3.75. The first-order valence-corrected chi connectivity index (χ1v) is 9.37. The lowest BCUT2D eigenvalue weighted by atomic mass is 10.0. The van der Waals surface area contributed by atoms with Crippen LogP contribution in [-0.4, -0.2) is 48.8 Å². The molecule has 1 saturated heterocycles. The summed E-state index contributed by atoms with van der Waals surface area (Å²) in [6.45, 7) is 5.62. The van der Waals surface area contributed by atoms with Crippen LogP contribution >= 0.6 is 0 Å². The molecule has 4 nitrogen and oxygen atoms in total. The van der Waals surface area contributed by atoms with Crippen molar-refractivity contribution in [3.63, 3.8) is 0 Å². The van der Waals surface area contributed by atoms with Gasteiger partial charge in [-0.25, -0.2) is 0 Å². The van der Waals surface area contributed by atoms with Crippen LogP contribution in [0.3, 0.4) is 0 Å². The van der Waals surface area contributed by atoms with E-state index in [0.717, 1.165) is 44.9 Å². The number of piperazine rings is 1. The van der Waals surface area contributed by atoms with Crippen molar-refractivity contribution in [2.75, 3.05) is 33.0 Å². The normalized spacial score (nSPS) is 19.5. The number of ether oxygens (including phenoxy) is 2. The van der Waals surface area contributed by atoms with Gasteiger partial charge >= 0.3 is 0 Å². The summed E-state index contributed by atoms with van der Waals surface area (Å²) in [6.07, 6.45) is 2.75. The van der Waals surface area contributed by atoms with Gasteiger partial charge in [0.15, 0.2) is 5.76 Å². The molecule has 4 heteroatoms. The average molecular weight is 350 g/mol. The lowest BCUT2D eigenvalue weighted by Gasteiger charge is -2.39. The molecule has 0 spiro atoms. The Morgan fingerprint density at radius 3 is 2.08 bits per heavy atom. The van der Waals surface area contributed by atoms with E-state index in [-0.39, 0.29) is 6.04 Å². The second kappa shape index (κ2) is 8.39. The number of benzene rings is 2. The van der Waals surface area contributed by atoms with Crippen LogP contribution in [0.1, 0.15) is 11.1 Å². The second-order valence-electron chi connectivity index (χ2n) is 6.95. The Balaban J connectivity index is 1.39. The molecule has 0 aliphatic carbocycles. The number of hydrogen-bond donors (Lipinski definition) is 0. The number of rotatable bonds is 6. The molecule has 2 aromatic rings. The van der Waals surface area contributed by atoms with Gasteiger partial charge in [-0.2, -0.15) is 0 Å². The maximum absolute atomic E-state index is 5.75. The highest BCUT2D eigenvalue weighted by Gasteiger charge is 2.29. The topological polar surface area (TPSA) is 24.9 Å². The smallest absolute Gasteiger partial charge is 0.229 e. The van der Waals surface area contributed by atoms with Crippen molar-refractivity contribution in [1.82, 2.24) is 9.80 Å². The van der Waals surface area contributed by atoms with Gasteiger partial charge in [0.1, 0.15) is 6.26 Å². The summed E-state index contributed by atoms with van der Waals surface area (Å²) in [5.74, 6) is 0.963. The molecule has 2 heterocycles. The Labute approximate surface area is 155 Å². The van der Waals surface area contributed by atoms with Crippen molar-refractivity contribution in [3.8, 4) is 0 Å². The zero-order valence-electron chi connectivity index (χ0n) is 15.1. The van der Waals surface area contributed by atoms with Gasteiger partial charge in [-0.15, -0.1) is 0 Å². The molecule has 0 N–H and O–H groups in total. The van der Waals surface area contributed by atoms with Gasteiger partial charge in [-0.05, 0) is 17.5 Å². The van der Waals surface area contributed by atoms with Crippen molar-refractivity contribution in [2.45, 2.75) is 19.0 Å². The van der Waals surface area contributed by atoms with E-state index in [1.165, 1.54) is 11.1 Å². The van der Waals surface area contributed by atoms with Crippen molar-refractivity contribution in [3.05, 3.63) is 83.8 Å². The molecule has 2 aliphatic heterocycles. The molecule has 1 fully saturated rings. The first-order valence-electron chi connectivity index (χ1n) is 9.37. The lowest BCUT2D eigenvalue weighted by Crippen LogP contribution is -2.51. The largest absolute Gasteiger partial charge is 0.462 e. The fraction of sp³-hybridized carbons (Fsp3) is 0.364. The molecule has 1 atom stereocenters. The van der Waals surface area contributed by atoms with E-state index in [1.54, 1.807) is 6.26 Å². The Kier molecular flexibility index (Phi) is 5.53. The summed E-state index contributed by atoms with van der Waals surface area (Å²) in [5, 5.41) is 0. The molecular weight excluding hydrogens is 324 g/mol. The monoisotopic (exact) mass is 350 g/mol. The van der Waals surface area contributed by atoms with E-state index in [2.05, 4.69) is 70.5 Å². The van der Waals surface area contributed by atoms with Gasteiger partial charge in [0.2, 0.25) is 6.79 Å². The third kappa shape index (κ3) is 4.26. The maximum atomic E-state index is 5.75. The van der Waals surface area contributed by atoms with Crippen molar-refractivity contribution >= 4 is 0 Å². The van der Waals surface area contributed by atoms with Crippen LogP contribution in [0.2, 0.25) is 0 Å². The molecule has 0 radical (unpaired) electrons. The van der Waals surface area contributed by atoms with Crippen molar-refractivity contribution in [2.24, 2.45) is 0 Å². The van der Waals surface area contributed by atoms with Crippen molar-refractivity contribution in [1.29, 1.82) is 0 Å². The van der Waals surface area contributed by atoms with Gasteiger partial charge in [-0.1, -0.05) is 60.7 Å². The Morgan fingerprint density at radius 1 is 0.808 bits per heavy atom. The number of hydrogen-bond acceptors (Lipinski definition) is 4. The van der Waals surface area contributed by atoms with E-state index in [0.29, 0.717) is 6.79 Å². The lowest BCUT2D eigenvalue weighted by molar-refractivity contribution is 0.0442. The minimum atomic E-state index is 0.249. The second-order valence-corrected chi connectivity index (χ2v) is 6.95. The van der Waals surface area contributed by atoms with E-state index in [9.17, 15) is 0 Å². The number of nitrogens with zero attached hydrogens (tertiary/aromatic N) is 2. The highest BCUT2D eigenvalue weighted by atomic mass is 16.7. The highest BCUT2D eigenvalue weighted by molar-refractivity contribution is 5.20. The van der Waals surface area contributed by atoms with Crippen molar-refractivity contribution < 1.29 is 9.47 Å². The SMILES string of the molecule is C1=C(C(Cc2ccccc2)N2CCN(Cc3ccccc3)CC2)OCO1. The predicted octanol–water partition coefficient (Wildman–Crippen LogP) is 3.26. The summed E-state index contributed by atoms with van der Waals surface area (Å²) >= 11 is 0. The summed E-state index contributed by atoms with van der Waals surface area (Å²) in [4.78, 5) is 5.07. The van der Waals surface area contributed by atoms with Gasteiger partial charge in [0.25, 0.3) is 0 Å². The molecule has 2 aromatic carbocycles. The van der Waals surface area contributed by atoms with E-state index in [1.807, 2.05) is 0 Å². The Hall–Kier alpha value is -2.30. The van der Waals surface area contributed by atoms with Crippen LogP contribution in [0.15, 0.2) is 72.7 Å². The van der Waals surface area contributed by atoms with Gasteiger partial charge in [-0.3, -0.25) is 9.80 Å². The Bertz CT molecular complexity index is 709. The molecule has 136 valence electrons. The molecule has 4 rings (SSSR count). The van der Waals surface area contributed by atoms with Crippen LogP contribution in [0, 0.1) is 0 Å². The molecule has 0 saturated carbocycles. The van der Waals surface area contributed by atoms with Gasteiger partial charge < -0.3 is 9.47 Å². The van der Waals surface area contributed by atoms with Crippen LogP contribution in [0.5, 0.6) is 0 Å². The molecule has 0 bridgehead atoms. The van der Waals surface area contributed by atoms with Crippen LogP contribution in [0.25, 0.3) is 0 Å². The van der Waals surface area contributed by atoms with Crippen LogP contribution in [-0.2, 0) is 22.4 Å². The van der Waals surface area contributed by atoms with Gasteiger partial charge in [0.05, 0.1) is 6.04 Å². The summed E-state index contributed by atoms with van der Waals surface area (Å²) in [6, 6.07) is 21.6. The van der Waals surface area contributed by atoms with E-state index < -0.39 is 0 Å². The minimum absolute atomic E-state index is 0.249. The summed E-state index contributed by atoms with van der Waals surface area (Å²) in [7, 11) is 0. The predicted molar refractivity (Wildman–Crippen MR) is 102 cm³/mol. The molecule has 2 aliphatic rings. The quantitative estimate of drug-likeness (QED) is 0.798. The molecule has 26 heavy (non-hydrogen) atoms. The average Bonchev–Trinajstić information content (AvgIpc) is 3.23. The summed E-state index contributed by atoms with van der Waals surface area (Å²) in [5.41, 5.74) is 2.72. The third-order valence-electron chi connectivity index (χ3n) is 5.19. The zero-order chi connectivity index (χ0) is 17.6. The fourth-order valence-electron chi connectivity index (χ4n) is 3.75. The maximum Gasteiger partial charge on any atom is 0.229 e. The first kappa shape index (κ1) is 17.1. The van der Waals surface area contributed by atoms with Gasteiger partial charge in [0, 0.05) is 32.7 Å². The molecule has 0 amide bonds. The first-order chi connectivity index (χ1) is 12.9. The highest BCUT2D eigenvalue weighted by Crippen LogP contribution is 2.23. The molecule has 0 aromatic heterocycles. The van der Waals surface area contributed by atoms with Crippen LogP contribution < -0.4 is 0 Å². The molecule has 1 unspecified atom stereocenters. The zero-order valence-corrected chi connectivity index (χ0v) is 15.1. The van der Waals surface area contributed by atoms with E-state index in [4.69, 9.17) is 9.47 Å². The Morgan fingerprint density at radius 2 is 1.46 bits per heavy atom. The minimum Gasteiger partial charge on any atom is -0.462 e. The standard InChI is InChI=1S/C22H26N2O2/c1-3-7-19(8-4-1)15-21(22-17-25-18-26-22)24-13-11-23(12-14-24)16-20-9-5-2-6-10-20/h1-10,17,21H,11-16,18H2. The van der Waals surface area contributed by atoms with E-state index >= 15 is 0 Å². The molecular formula is C22H26N2O2. The third-order valence-corrected chi connectivity index (χ3v) is 5.19.